The average molecular weight is 409 g/mol. The first-order valence-corrected chi connectivity index (χ1v) is 7.93. The zero-order valence-electron chi connectivity index (χ0n) is 10.3. The van der Waals surface area contributed by atoms with E-state index in [1.165, 1.54) is 7.11 Å². The standard InChI is InChI=1S/C13H12Br2FNOS/c1-17-12(10-6-8(14)13(15)19-10)7-4-3-5-9(18-2)11(7)16/h3-6,12,17H,1-2H3. The molecule has 2 nitrogen and oxygen atoms in total. The van der Waals surface area contributed by atoms with Crippen molar-refractivity contribution in [3.63, 3.8) is 0 Å². The molecule has 1 aromatic heterocycles. The van der Waals surface area contributed by atoms with Gasteiger partial charge in [-0.05, 0) is 51.0 Å². The van der Waals surface area contributed by atoms with E-state index in [2.05, 4.69) is 37.2 Å². The van der Waals surface area contributed by atoms with Crippen molar-refractivity contribution in [1.29, 1.82) is 0 Å². The maximum absolute atomic E-state index is 14.3. The van der Waals surface area contributed by atoms with Gasteiger partial charge in [0.2, 0.25) is 0 Å². The van der Waals surface area contributed by atoms with Gasteiger partial charge in [-0.3, -0.25) is 0 Å². The molecule has 1 atom stereocenters. The summed E-state index contributed by atoms with van der Waals surface area (Å²) in [6.45, 7) is 0. The van der Waals surface area contributed by atoms with E-state index in [-0.39, 0.29) is 17.6 Å². The molecule has 2 rings (SSSR count). The van der Waals surface area contributed by atoms with E-state index in [1.807, 2.05) is 13.1 Å². The van der Waals surface area contributed by atoms with Gasteiger partial charge in [0.1, 0.15) is 0 Å². The van der Waals surface area contributed by atoms with Gasteiger partial charge in [0.15, 0.2) is 11.6 Å². The number of benzene rings is 1. The van der Waals surface area contributed by atoms with Crippen molar-refractivity contribution in [2.24, 2.45) is 0 Å². The molecular weight excluding hydrogens is 397 g/mol. The van der Waals surface area contributed by atoms with Crippen LogP contribution in [0.5, 0.6) is 5.75 Å². The van der Waals surface area contributed by atoms with Crippen molar-refractivity contribution in [2.45, 2.75) is 6.04 Å². The number of thiophene rings is 1. The lowest BCUT2D eigenvalue weighted by Crippen LogP contribution is -2.18. The van der Waals surface area contributed by atoms with Gasteiger partial charge in [0.25, 0.3) is 0 Å². The molecule has 102 valence electrons. The fraction of sp³-hybridized carbons (Fsp3) is 0.231. The molecule has 19 heavy (non-hydrogen) atoms. The molecule has 0 spiro atoms. The van der Waals surface area contributed by atoms with E-state index in [9.17, 15) is 4.39 Å². The minimum Gasteiger partial charge on any atom is -0.494 e. The third kappa shape index (κ3) is 3.02. The van der Waals surface area contributed by atoms with Crippen molar-refractivity contribution in [1.82, 2.24) is 5.32 Å². The molecule has 0 fully saturated rings. The zero-order valence-corrected chi connectivity index (χ0v) is 14.3. The topological polar surface area (TPSA) is 21.3 Å². The van der Waals surface area contributed by atoms with E-state index in [0.717, 1.165) is 13.1 Å². The van der Waals surface area contributed by atoms with Gasteiger partial charge in [-0.25, -0.2) is 4.39 Å². The van der Waals surface area contributed by atoms with E-state index >= 15 is 0 Å². The molecular formula is C13H12Br2FNOS. The Kier molecular flexibility index (Phi) is 5.00. The number of rotatable bonds is 4. The summed E-state index contributed by atoms with van der Waals surface area (Å²) in [7, 11) is 3.28. The smallest absolute Gasteiger partial charge is 0.170 e. The SMILES string of the molecule is CNC(c1cc(Br)c(Br)s1)c1cccc(OC)c1F. The molecule has 6 heteroatoms. The fourth-order valence-corrected chi connectivity index (χ4v) is 4.08. The van der Waals surface area contributed by atoms with Crippen molar-refractivity contribution in [3.05, 3.63) is 48.8 Å². The Morgan fingerprint density at radius 3 is 2.63 bits per heavy atom. The highest BCUT2D eigenvalue weighted by molar-refractivity contribution is 9.13. The molecule has 1 aromatic carbocycles. The van der Waals surface area contributed by atoms with Gasteiger partial charge in [0.05, 0.1) is 16.9 Å². The fourth-order valence-electron chi connectivity index (χ4n) is 1.86. The molecule has 0 radical (unpaired) electrons. The molecule has 0 aliphatic carbocycles. The van der Waals surface area contributed by atoms with Gasteiger partial charge in [-0.15, -0.1) is 11.3 Å². The van der Waals surface area contributed by atoms with Crippen molar-refractivity contribution in [2.75, 3.05) is 14.2 Å². The van der Waals surface area contributed by atoms with Gasteiger partial charge in [-0.2, -0.15) is 0 Å². The molecule has 0 bridgehead atoms. The Morgan fingerprint density at radius 2 is 2.11 bits per heavy atom. The highest BCUT2D eigenvalue weighted by Crippen LogP contribution is 2.38. The summed E-state index contributed by atoms with van der Waals surface area (Å²) in [6.07, 6.45) is 0. The van der Waals surface area contributed by atoms with Crippen LogP contribution >= 0.6 is 43.2 Å². The predicted molar refractivity (Wildman–Crippen MR) is 83.6 cm³/mol. The average Bonchev–Trinajstić information content (AvgIpc) is 2.72. The minimum atomic E-state index is -0.329. The van der Waals surface area contributed by atoms with Gasteiger partial charge >= 0.3 is 0 Å². The van der Waals surface area contributed by atoms with Crippen LogP contribution in [0.1, 0.15) is 16.5 Å². The lowest BCUT2D eigenvalue weighted by molar-refractivity contribution is 0.382. The van der Waals surface area contributed by atoms with Crippen LogP contribution < -0.4 is 10.1 Å². The first kappa shape index (κ1) is 15.0. The van der Waals surface area contributed by atoms with E-state index in [4.69, 9.17) is 4.74 Å². The number of hydrogen-bond acceptors (Lipinski definition) is 3. The first-order chi connectivity index (χ1) is 9.08. The second-order valence-electron chi connectivity index (χ2n) is 3.86. The Labute approximate surface area is 132 Å². The number of hydrogen-bond donors (Lipinski definition) is 1. The Hall–Kier alpha value is -0.430. The molecule has 0 aliphatic heterocycles. The van der Waals surface area contributed by atoms with Crippen LogP contribution in [-0.4, -0.2) is 14.2 Å². The summed E-state index contributed by atoms with van der Waals surface area (Å²) in [5, 5.41) is 3.14. The molecule has 1 N–H and O–H groups in total. The van der Waals surface area contributed by atoms with Crippen LogP contribution in [0.2, 0.25) is 0 Å². The highest BCUT2D eigenvalue weighted by atomic mass is 79.9. The van der Waals surface area contributed by atoms with E-state index < -0.39 is 0 Å². The predicted octanol–water partition coefficient (Wildman–Crippen LogP) is 4.73. The Bertz CT molecular complexity index is 569. The number of methoxy groups -OCH3 is 1. The summed E-state index contributed by atoms with van der Waals surface area (Å²) in [5.41, 5.74) is 0.572. The minimum absolute atomic E-state index is 0.206. The van der Waals surface area contributed by atoms with Crippen molar-refractivity contribution < 1.29 is 9.13 Å². The van der Waals surface area contributed by atoms with E-state index in [0.29, 0.717) is 5.56 Å². The van der Waals surface area contributed by atoms with E-state index in [1.54, 1.807) is 29.5 Å². The lowest BCUT2D eigenvalue weighted by Gasteiger charge is -2.17. The molecule has 0 saturated carbocycles. The second kappa shape index (κ2) is 6.35. The molecule has 0 saturated heterocycles. The maximum atomic E-state index is 14.3. The highest BCUT2D eigenvalue weighted by Gasteiger charge is 2.21. The molecule has 1 heterocycles. The second-order valence-corrected chi connectivity index (χ2v) is 7.11. The third-order valence-corrected chi connectivity index (χ3v) is 6.08. The lowest BCUT2D eigenvalue weighted by atomic mass is 10.0. The van der Waals surface area contributed by atoms with Crippen LogP contribution in [0.15, 0.2) is 32.5 Å². The monoisotopic (exact) mass is 407 g/mol. The number of halogens is 3. The van der Waals surface area contributed by atoms with Crippen LogP contribution in [-0.2, 0) is 0 Å². The summed E-state index contributed by atoms with van der Waals surface area (Å²) in [5.74, 6) is -0.0718. The number of nitrogens with one attached hydrogen (secondary N) is 1. The van der Waals surface area contributed by atoms with Gasteiger partial charge in [0, 0.05) is 14.9 Å². The molecule has 1 unspecified atom stereocenters. The first-order valence-electron chi connectivity index (χ1n) is 5.52. The van der Waals surface area contributed by atoms with Crippen LogP contribution in [0.4, 0.5) is 4.39 Å². The quantitative estimate of drug-likeness (QED) is 0.789. The molecule has 2 aromatic rings. The van der Waals surface area contributed by atoms with Gasteiger partial charge in [-0.1, -0.05) is 12.1 Å². The summed E-state index contributed by atoms with van der Waals surface area (Å²) in [6, 6.07) is 6.95. The van der Waals surface area contributed by atoms with Crippen molar-refractivity contribution in [3.8, 4) is 5.75 Å². The number of ether oxygens (including phenoxy) is 1. The third-order valence-electron chi connectivity index (χ3n) is 2.76. The summed E-state index contributed by atoms with van der Waals surface area (Å²) >= 11 is 8.47. The normalized spacial score (nSPS) is 12.5. The van der Waals surface area contributed by atoms with Crippen LogP contribution in [0.3, 0.4) is 0 Å². The van der Waals surface area contributed by atoms with Crippen LogP contribution in [0, 0.1) is 5.82 Å². The van der Waals surface area contributed by atoms with Gasteiger partial charge < -0.3 is 10.1 Å². The Balaban J connectivity index is 2.48. The van der Waals surface area contributed by atoms with Crippen molar-refractivity contribution >= 4 is 43.2 Å². The molecule has 0 amide bonds. The van der Waals surface area contributed by atoms with Crippen LogP contribution in [0.25, 0.3) is 0 Å². The summed E-state index contributed by atoms with van der Waals surface area (Å²) < 4.78 is 21.3. The maximum Gasteiger partial charge on any atom is 0.170 e. The largest absolute Gasteiger partial charge is 0.494 e. The molecule has 0 aliphatic rings. The zero-order chi connectivity index (χ0) is 14.0. The Morgan fingerprint density at radius 1 is 1.37 bits per heavy atom. The summed E-state index contributed by atoms with van der Waals surface area (Å²) in [4.78, 5) is 1.02.